The number of anilines is 1. The smallest absolute Gasteiger partial charge is 0.416 e. The molecule has 4 aromatic rings. The molecule has 4 rings (SSSR count). The summed E-state index contributed by atoms with van der Waals surface area (Å²) in [6.45, 7) is 0.111. The molecule has 31 heavy (non-hydrogen) atoms. The van der Waals surface area contributed by atoms with Gasteiger partial charge in [0.25, 0.3) is 0 Å². The first-order valence-electron chi connectivity index (χ1n) is 9.64. The lowest BCUT2D eigenvalue weighted by Gasteiger charge is -2.15. The van der Waals surface area contributed by atoms with Crippen LogP contribution < -0.4 is 5.32 Å². The van der Waals surface area contributed by atoms with Crippen molar-refractivity contribution in [3.63, 3.8) is 0 Å². The highest BCUT2D eigenvalue weighted by Gasteiger charge is 2.30. The van der Waals surface area contributed by atoms with E-state index in [-0.39, 0.29) is 13.0 Å². The van der Waals surface area contributed by atoms with E-state index in [2.05, 4.69) is 5.32 Å². The fraction of sp³-hybridized carbons (Fsp3) is 0.125. The molecule has 0 spiro atoms. The minimum absolute atomic E-state index is 0.111. The van der Waals surface area contributed by atoms with Crippen molar-refractivity contribution in [1.29, 1.82) is 0 Å². The van der Waals surface area contributed by atoms with Crippen LogP contribution in [0.5, 0.6) is 0 Å². The quantitative estimate of drug-likeness (QED) is 0.406. The maximum atomic E-state index is 13.1. The molecule has 1 aromatic heterocycles. The van der Waals surface area contributed by atoms with Gasteiger partial charge in [-0.1, -0.05) is 48.5 Å². The molecule has 4 nitrogen and oxygen atoms in total. The number of nitrogens with zero attached hydrogens (tertiary/aromatic N) is 1. The van der Waals surface area contributed by atoms with E-state index < -0.39 is 17.7 Å². The lowest BCUT2D eigenvalue weighted by atomic mass is 10.1. The van der Waals surface area contributed by atoms with Gasteiger partial charge in [0.15, 0.2) is 0 Å². The number of hydrogen-bond acceptors (Lipinski definition) is 2. The number of alkyl halides is 3. The van der Waals surface area contributed by atoms with Crippen LogP contribution in [0, 0.1) is 0 Å². The van der Waals surface area contributed by atoms with E-state index in [4.69, 9.17) is 0 Å². The van der Waals surface area contributed by atoms with Crippen molar-refractivity contribution in [3.8, 4) is 5.69 Å². The summed E-state index contributed by atoms with van der Waals surface area (Å²) in [4.78, 5) is 11.6. The minimum atomic E-state index is -4.43. The summed E-state index contributed by atoms with van der Waals surface area (Å²) in [5.74, 6) is -0.440. The lowest BCUT2D eigenvalue weighted by Crippen LogP contribution is -2.10. The van der Waals surface area contributed by atoms with Gasteiger partial charge in [-0.25, -0.2) is 0 Å². The summed E-state index contributed by atoms with van der Waals surface area (Å²) in [5, 5.41) is 13.5. The minimum Gasteiger partial charge on any atom is -0.481 e. The predicted molar refractivity (Wildman–Crippen MR) is 113 cm³/mol. The maximum absolute atomic E-state index is 13.1. The van der Waals surface area contributed by atoms with Crippen LogP contribution >= 0.6 is 0 Å². The Kier molecular flexibility index (Phi) is 5.42. The topological polar surface area (TPSA) is 54.3 Å². The van der Waals surface area contributed by atoms with Crippen LogP contribution in [0.3, 0.4) is 0 Å². The van der Waals surface area contributed by atoms with E-state index in [0.29, 0.717) is 16.9 Å². The molecule has 0 aliphatic heterocycles. The highest BCUT2D eigenvalue weighted by molar-refractivity contribution is 5.94. The molecule has 7 heteroatoms. The molecule has 0 bridgehead atoms. The number of rotatable bonds is 6. The van der Waals surface area contributed by atoms with E-state index in [1.165, 1.54) is 6.07 Å². The van der Waals surface area contributed by atoms with Crippen LogP contribution in [0.25, 0.3) is 16.6 Å². The van der Waals surface area contributed by atoms with Gasteiger partial charge in [-0.3, -0.25) is 9.36 Å². The third-order valence-corrected chi connectivity index (χ3v) is 5.04. The second kappa shape index (κ2) is 8.18. The van der Waals surface area contributed by atoms with Crippen molar-refractivity contribution in [2.24, 2.45) is 0 Å². The van der Waals surface area contributed by atoms with Gasteiger partial charge < -0.3 is 10.4 Å². The molecule has 0 saturated heterocycles. The maximum Gasteiger partial charge on any atom is 0.416 e. The first kappa shape index (κ1) is 20.5. The molecule has 0 aliphatic rings. The number of aliphatic carboxylic acids is 1. The summed E-state index contributed by atoms with van der Waals surface area (Å²) in [5.41, 5.74) is 1.94. The van der Waals surface area contributed by atoms with E-state index in [1.807, 2.05) is 59.2 Å². The highest BCUT2D eigenvalue weighted by atomic mass is 19.4. The fourth-order valence-corrected chi connectivity index (χ4v) is 3.71. The summed E-state index contributed by atoms with van der Waals surface area (Å²) in [6.07, 6.45) is -4.64. The second-order valence-electron chi connectivity index (χ2n) is 7.14. The molecule has 1 heterocycles. The van der Waals surface area contributed by atoms with Gasteiger partial charge >= 0.3 is 12.1 Å². The molecule has 0 atom stereocenters. The molecule has 2 N–H and O–H groups in total. The van der Waals surface area contributed by atoms with Gasteiger partial charge in [0.05, 0.1) is 17.5 Å². The second-order valence-corrected chi connectivity index (χ2v) is 7.14. The van der Waals surface area contributed by atoms with Crippen molar-refractivity contribution < 1.29 is 23.1 Å². The molecule has 0 aliphatic carbocycles. The number of benzene rings is 3. The number of hydrogen-bond donors (Lipinski definition) is 2. The van der Waals surface area contributed by atoms with Gasteiger partial charge in [0.1, 0.15) is 5.82 Å². The molecule has 0 unspecified atom stereocenters. The van der Waals surface area contributed by atoms with Crippen LogP contribution in [0.4, 0.5) is 19.0 Å². The zero-order chi connectivity index (χ0) is 22.0. The molecule has 3 aromatic carbocycles. The normalized spacial score (nSPS) is 11.6. The zero-order valence-electron chi connectivity index (χ0n) is 16.4. The number of para-hydroxylation sites is 2. The summed E-state index contributed by atoms with van der Waals surface area (Å²) >= 11 is 0. The molecule has 0 fully saturated rings. The van der Waals surface area contributed by atoms with Crippen LogP contribution in [0.1, 0.15) is 16.7 Å². The zero-order valence-corrected chi connectivity index (χ0v) is 16.4. The third kappa shape index (κ3) is 4.26. The first-order chi connectivity index (χ1) is 14.8. The van der Waals surface area contributed by atoms with Crippen molar-refractivity contribution in [3.05, 3.63) is 95.6 Å². The molecule has 0 amide bonds. The van der Waals surface area contributed by atoms with Crippen LogP contribution in [-0.4, -0.2) is 15.6 Å². The first-order valence-corrected chi connectivity index (χ1v) is 9.64. The molecular formula is C24H19F3N2O2. The van der Waals surface area contributed by atoms with Crippen molar-refractivity contribution in [2.45, 2.75) is 19.1 Å². The van der Waals surface area contributed by atoms with Crippen LogP contribution in [0.15, 0.2) is 78.9 Å². The lowest BCUT2D eigenvalue weighted by molar-refractivity contribution is -0.138. The number of fused-ring (bicyclic) bond motifs is 1. The van der Waals surface area contributed by atoms with Gasteiger partial charge in [-0.2, -0.15) is 13.2 Å². The van der Waals surface area contributed by atoms with Crippen LogP contribution in [-0.2, 0) is 23.9 Å². The monoisotopic (exact) mass is 424 g/mol. The van der Waals surface area contributed by atoms with Gasteiger partial charge in [-0.05, 0) is 35.9 Å². The Labute approximate surface area is 176 Å². The number of halogens is 3. The fourth-order valence-electron chi connectivity index (χ4n) is 3.71. The molecule has 0 radical (unpaired) electrons. The number of nitrogens with one attached hydrogen (secondary N) is 1. The van der Waals surface area contributed by atoms with E-state index in [1.54, 1.807) is 6.07 Å². The Hall–Kier alpha value is -3.74. The summed E-state index contributed by atoms with van der Waals surface area (Å²) in [6, 6.07) is 21.9. The Morgan fingerprint density at radius 2 is 1.65 bits per heavy atom. The molecule has 158 valence electrons. The predicted octanol–water partition coefficient (Wildman–Crippen LogP) is 5.89. The standard InChI is InChI=1S/C24H19F3N2O2/c25-24(26,27)17-8-6-7-16(13-17)15-28-23-20(14-22(30)31)19-11-4-5-12-21(19)29(23)18-9-2-1-3-10-18/h1-13,28H,14-15H2,(H,30,31). The average molecular weight is 424 g/mol. The number of carboxylic acids is 1. The SMILES string of the molecule is O=C(O)Cc1c(NCc2cccc(C(F)(F)F)c2)n(-c2ccccc2)c2ccccc12. The average Bonchev–Trinajstić information content (AvgIpc) is 3.05. The van der Waals surface area contributed by atoms with Gasteiger partial charge in [0.2, 0.25) is 0 Å². The Bertz CT molecular complexity index is 1230. The summed E-state index contributed by atoms with van der Waals surface area (Å²) in [7, 11) is 0. The number of carboxylic acid groups (broad SMARTS) is 1. The number of aromatic nitrogens is 1. The van der Waals surface area contributed by atoms with Crippen molar-refractivity contribution >= 4 is 22.7 Å². The Balaban J connectivity index is 1.82. The van der Waals surface area contributed by atoms with Gasteiger partial charge in [-0.15, -0.1) is 0 Å². The Morgan fingerprint density at radius 1 is 0.935 bits per heavy atom. The largest absolute Gasteiger partial charge is 0.481 e. The van der Waals surface area contributed by atoms with Crippen LogP contribution in [0.2, 0.25) is 0 Å². The highest BCUT2D eigenvalue weighted by Crippen LogP contribution is 2.35. The number of carbonyl (C=O) groups is 1. The van der Waals surface area contributed by atoms with Crippen molar-refractivity contribution in [1.82, 2.24) is 4.57 Å². The Morgan fingerprint density at radius 3 is 2.35 bits per heavy atom. The van der Waals surface area contributed by atoms with E-state index in [9.17, 15) is 23.1 Å². The third-order valence-electron chi connectivity index (χ3n) is 5.04. The van der Waals surface area contributed by atoms with Crippen molar-refractivity contribution in [2.75, 3.05) is 5.32 Å². The molecular weight excluding hydrogens is 405 g/mol. The summed E-state index contributed by atoms with van der Waals surface area (Å²) < 4.78 is 41.1. The van der Waals surface area contributed by atoms with E-state index >= 15 is 0 Å². The molecule has 0 saturated carbocycles. The van der Waals surface area contributed by atoms with E-state index in [0.717, 1.165) is 28.7 Å². The van der Waals surface area contributed by atoms with Gasteiger partial charge in [0, 0.05) is 23.2 Å².